The lowest BCUT2D eigenvalue weighted by molar-refractivity contribution is -0.121. The Labute approximate surface area is 150 Å². The SMILES string of the molecule is COc1nc(CNC(=O)Cn2cnc(C3CC3)cc2=O)nc(N(C)C)n1. The highest BCUT2D eigenvalue weighted by Gasteiger charge is 2.25. The smallest absolute Gasteiger partial charge is 0.321 e. The van der Waals surface area contributed by atoms with Gasteiger partial charge in [0.15, 0.2) is 5.82 Å². The van der Waals surface area contributed by atoms with E-state index in [1.807, 2.05) is 0 Å². The number of methoxy groups -OCH3 is 1. The number of nitrogens with zero attached hydrogens (tertiary/aromatic N) is 6. The zero-order valence-corrected chi connectivity index (χ0v) is 15.0. The number of aromatic nitrogens is 5. The molecule has 0 atom stereocenters. The van der Waals surface area contributed by atoms with Gasteiger partial charge in [-0.3, -0.25) is 14.2 Å². The molecule has 0 aliphatic heterocycles. The van der Waals surface area contributed by atoms with Gasteiger partial charge in [-0.25, -0.2) is 4.98 Å². The van der Waals surface area contributed by atoms with E-state index >= 15 is 0 Å². The summed E-state index contributed by atoms with van der Waals surface area (Å²) in [5.41, 5.74) is 0.578. The van der Waals surface area contributed by atoms with Crippen LogP contribution < -0.4 is 20.5 Å². The number of carbonyl (C=O) groups is 1. The lowest BCUT2D eigenvalue weighted by atomic mass is 10.3. The molecule has 0 unspecified atom stereocenters. The van der Waals surface area contributed by atoms with Gasteiger partial charge in [0.05, 0.1) is 25.7 Å². The fourth-order valence-electron chi connectivity index (χ4n) is 2.31. The van der Waals surface area contributed by atoms with Gasteiger partial charge in [-0.05, 0) is 12.8 Å². The normalized spacial score (nSPS) is 13.3. The van der Waals surface area contributed by atoms with Gasteiger partial charge < -0.3 is 15.0 Å². The lowest BCUT2D eigenvalue weighted by Gasteiger charge is -2.12. The van der Waals surface area contributed by atoms with Gasteiger partial charge in [0.2, 0.25) is 11.9 Å². The Bertz CT molecular complexity index is 861. The number of amides is 1. The number of ether oxygens (including phenoxy) is 1. The Morgan fingerprint density at radius 2 is 2.12 bits per heavy atom. The van der Waals surface area contributed by atoms with Crippen molar-refractivity contribution in [2.75, 3.05) is 26.1 Å². The Morgan fingerprint density at radius 1 is 1.35 bits per heavy atom. The van der Waals surface area contributed by atoms with Crippen molar-refractivity contribution in [1.29, 1.82) is 0 Å². The van der Waals surface area contributed by atoms with E-state index in [1.54, 1.807) is 19.0 Å². The van der Waals surface area contributed by atoms with Gasteiger partial charge in [0, 0.05) is 26.1 Å². The van der Waals surface area contributed by atoms with E-state index < -0.39 is 0 Å². The van der Waals surface area contributed by atoms with Gasteiger partial charge in [-0.1, -0.05) is 0 Å². The molecule has 0 radical (unpaired) electrons. The molecule has 26 heavy (non-hydrogen) atoms. The van der Waals surface area contributed by atoms with Crippen LogP contribution >= 0.6 is 0 Å². The molecule has 1 N–H and O–H groups in total. The lowest BCUT2D eigenvalue weighted by Crippen LogP contribution is -2.32. The maximum atomic E-state index is 12.1. The summed E-state index contributed by atoms with van der Waals surface area (Å²) in [5.74, 6) is 0.857. The molecule has 0 bridgehead atoms. The van der Waals surface area contributed by atoms with Crippen LogP contribution in [-0.4, -0.2) is 51.6 Å². The number of rotatable bonds is 7. The molecule has 0 aromatic carbocycles. The molecule has 2 aromatic rings. The second kappa shape index (κ2) is 7.46. The topological polar surface area (TPSA) is 115 Å². The Hall–Kier alpha value is -3.04. The first-order valence-electron chi connectivity index (χ1n) is 8.25. The molecule has 1 aliphatic carbocycles. The fourth-order valence-corrected chi connectivity index (χ4v) is 2.31. The molecule has 0 saturated heterocycles. The highest BCUT2D eigenvalue weighted by Crippen LogP contribution is 2.38. The monoisotopic (exact) mass is 359 g/mol. The number of anilines is 1. The maximum Gasteiger partial charge on any atom is 0.321 e. The molecule has 1 fully saturated rings. The molecule has 3 rings (SSSR count). The third-order valence-electron chi connectivity index (χ3n) is 3.89. The molecule has 1 aliphatic rings. The van der Waals surface area contributed by atoms with Gasteiger partial charge in [-0.15, -0.1) is 0 Å². The summed E-state index contributed by atoms with van der Waals surface area (Å²) in [7, 11) is 5.05. The van der Waals surface area contributed by atoms with Crippen molar-refractivity contribution < 1.29 is 9.53 Å². The summed E-state index contributed by atoms with van der Waals surface area (Å²) in [4.78, 5) is 42.6. The van der Waals surface area contributed by atoms with Crippen molar-refractivity contribution >= 4 is 11.9 Å². The van der Waals surface area contributed by atoms with Crippen molar-refractivity contribution in [3.05, 3.63) is 34.3 Å². The molecule has 2 heterocycles. The van der Waals surface area contributed by atoms with E-state index in [0.29, 0.717) is 17.7 Å². The van der Waals surface area contributed by atoms with Crippen LogP contribution in [-0.2, 0) is 17.9 Å². The summed E-state index contributed by atoms with van der Waals surface area (Å²) in [6, 6.07) is 1.68. The summed E-state index contributed by atoms with van der Waals surface area (Å²) in [6.45, 7) is -0.0135. The predicted octanol–water partition coefficient (Wildman–Crippen LogP) is -0.303. The van der Waals surface area contributed by atoms with Crippen LogP contribution in [0.4, 0.5) is 5.95 Å². The van der Waals surface area contributed by atoms with Crippen molar-refractivity contribution in [3.8, 4) is 6.01 Å². The Balaban J connectivity index is 1.62. The van der Waals surface area contributed by atoms with Crippen LogP contribution in [0.15, 0.2) is 17.2 Å². The molecule has 138 valence electrons. The largest absolute Gasteiger partial charge is 0.467 e. The summed E-state index contributed by atoms with van der Waals surface area (Å²) in [6.07, 6.45) is 3.56. The first-order chi connectivity index (χ1) is 12.5. The third-order valence-corrected chi connectivity index (χ3v) is 3.89. The quantitative estimate of drug-likeness (QED) is 0.716. The highest BCUT2D eigenvalue weighted by atomic mass is 16.5. The van der Waals surface area contributed by atoms with Crippen LogP contribution in [0.1, 0.15) is 30.3 Å². The minimum atomic E-state index is -0.334. The van der Waals surface area contributed by atoms with Crippen molar-refractivity contribution in [1.82, 2.24) is 29.8 Å². The summed E-state index contributed by atoms with van der Waals surface area (Å²) in [5, 5.41) is 2.69. The van der Waals surface area contributed by atoms with Gasteiger partial charge in [0.25, 0.3) is 5.56 Å². The van der Waals surface area contributed by atoms with Crippen LogP contribution in [0.3, 0.4) is 0 Å². The molecular formula is C16H21N7O3. The number of hydrogen-bond acceptors (Lipinski definition) is 8. The minimum Gasteiger partial charge on any atom is -0.467 e. The molecule has 1 saturated carbocycles. The van der Waals surface area contributed by atoms with Crippen LogP contribution in [0.5, 0.6) is 6.01 Å². The number of hydrogen-bond donors (Lipinski definition) is 1. The molecular weight excluding hydrogens is 338 g/mol. The van der Waals surface area contributed by atoms with E-state index in [0.717, 1.165) is 18.5 Å². The molecule has 2 aromatic heterocycles. The maximum absolute atomic E-state index is 12.1. The van der Waals surface area contributed by atoms with Crippen molar-refractivity contribution in [3.63, 3.8) is 0 Å². The Morgan fingerprint density at radius 3 is 2.73 bits per heavy atom. The fraction of sp³-hybridized carbons (Fsp3) is 0.500. The molecule has 10 heteroatoms. The predicted molar refractivity (Wildman–Crippen MR) is 93.0 cm³/mol. The Kier molecular flexibility index (Phi) is 5.10. The first-order valence-corrected chi connectivity index (χ1v) is 8.25. The average Bonchev–Trinajstić information content (AvgIpc) is 3.46. The second-order valence-electron chi connectivity index (χ2n) is 6.26. The minimum absolute atomic E-state index is 0.0981. The first kappa shape index (κ1) is 17.8. The number of carbonyl (C=O) groups excluding carboxylic acids is 1. The van der Waals surface area contributed by atoms with Crippen molar-refractivity contribution in [2.24, 2.45) is 0 Å². The molecule has 1 amide bonds. The van der Waals surface area contributed by atoms with Gasteiger partial charge >= 0.3 is 6.01 Å². The van der Waals surface area contributed by atoms with Gasteiger partial charge in [-0.2, -0.15) is 15.0 Å². The zero-order chi connectivity index (χ0) is 18.7. The van der Waals surface area contributed by atoms with E-state index in [9.17, 15) is 9.59 Å². The van der Waals surface area contributed by atoms with E-state index in [-0.39, 0.29) is 30.6 Å². The zero-order valence-electron chi connectivity index (χ0n) is 15.0. The van der Waals surface area contributed by atoms with E-state index in [2.05, 4.69) is 25.3 Å². The van der Waals surface area contributed by atoms with E-state index in [4.69, 9.17) is 4.74 Å². The van der Waals surface area contributed by atoms with Crippen LogP contribution in [0.2, 0.25) is 0 Å². The average molecular weight is 359 g/mol. The number of nitrogens with one attached hydrogen (secondary N) is 1. The highest BCUT2D eigenvalue weighted by molar-refractivity contribution is 5.75. The summed E-state index contributed by atoms with van der Waals surface area (Å²) >= 11 is 0. The molecule has 10 nitrogen and oxygen atoms in total. The second-order valence-corrected chi connectivity index (χ2v) is 6.26. The summed E-state index contributed by atoms with van der Waals surface area (Å²) < 4.78 is 6.32. The standard InChI is InChI=1S/C16H21N7O3/c1-22(2)15-19-12(20-16(21-15)26-3)7-17-13(24)8-23-9-18-11(6-14(23)25)10-4-5-10/h6,9-10H,4-5,7-8H2,1-3H3,(H,17,24). The van der Waals surface area contributed by atoms with E-state index in [1.165, 1.54) is 24.1 Å². The third kappa shape index (κ3) is 4.32. The van der Waals surface area contributed by atoms with Crippen LogP contribution in [0, 0.1) is 0 Å². The molecule has 0 spiro atoms. The van der Waals surface area contributed by atoms with Crippen molar-refractivity contribution in [2.45, 2.75) is 31.8 Å². The van der Waals surface area contributed by atoms with Gasteiger partial charge in [0.1, 0.15) is 6.54 Å². The van der Waals surface area contributed by atoms with Crippen LogP contribution in [0.25, 0.3) is 0 Å².